The first-order valence-electron chi connectivity index (χ1n) is 6.61. The summed E-state index contributed by atoms with van der Waals surface area (Å²) in [6.45, 7) is 7.58. The predicted octanol–water partition coefficient (Wildman–Crippen LogP) is -0.273. The standard InChI is InChI=1S/C12H23N3O4/c1-3-15-4-5-19-10(8-15)7-14-12(18)13-6-9(2)11(16)17/h9-10H,3-8H2,1-2H3,(H,16,17)(H2,13,14,18). The Labute approximate surface area is 113 Å². The maximum atomic E-state index is 11.5. The van der Waals surface area contributed by atoms with Crippen LogP contribution < -0.4 is 10.6 Å². The van der Waals surface area contributed by atoms with Crippen LogP contribution in [0.2, 0.25) is 0 Å². The van der Waals surface area contributed by atoms with Crippen molar-refractivity contribution in [1.29, 1.82) is 0 Å². The van der Waals surface area contributed by atoms with Crippen LogP contribution in [-0.2, 0) is 9.53 Å². The summed E-state index contributed by atoms with van der Waals surface area (Å²) in [5.74, 6) is -1.51. The molecule has 0 aliphatic carbocycles. The number of ether oxygens (including phenoxy) is 1. The van der Waals surface area contributed by atoms with Crippen LogP contribution in [-0.4, -0.2) is 67.4 Å². The highest BCUT2D eigenvalue weighted by Gasteiger charge is 2.20. The number of amides is 2. The monoisotopic (exact) mass is 273 g/mol. The number of rotatable bonds is 6. The molecular weight excluding hydrogens is 250 g/mol. The molecule has 19 heavy (non-hydrogen) atoms. The maximum Gasteiger partial charge on any atom is 0.314 e. The zero-order valence-electron chi connectivity index (χ0n) is 11.5. The largest absolute Gasteiger partial charge is 0.481 e. The van der Waals surface area contributed by atoms with E-state index >= 15 is 0 Å². The molecule has 2 amide bonds. The van der Waals surface area contributed by atoms with E-state index in [0.29, 0.717) is 13.2 Å². The van der Waals surface area contributed by atoms with Gasteiger partial charge in [-0.2, -0.15) is 0 Å². The van der Waals surface area contributed by atoms with Crippen LogP contribution in [0.4, 0.5) is 4.79 Å². The van der Waals surface area contributed by atoms with Crippen molar-refractivity contribution >= 4 is 12.0 Å². The van der Waals surface area contributed by atoms with E-state index in [4.69, 9.17) is 9.84 Å². The second-order valence-electron chi connectivity index (χ2n) is 4.72. The van der Waals surface area contributed by atoms with Gasteiger partial charge in [0.15, 0.2) is 0 Å². The Kier molecular flexibility index (Phi) is 6.58. The molecule has 0 radical (unpaired) electrons. The second kappa shape index (κ2) is 7.96. The van der Waals surface area contributed by atoms with Crippen molar-refractivity contribution in [3.05, 3.63) is 0 Å². The molecule has 0 spiro atoms. The Balaban J connectivity index is 2.17. The van der Waals surface area contributed by atoms with E-state index in [1.807, 2.05) is 0 Å². The number of nitrogens with zero attached hydrogens (tertiary/aromatic N) is 1. The molecule has 2 atom stereocenters. The molecule has 0 saturated carbocycles. The summed E-state index contributed by atoms with van der Waals surface area (Å²) in [5, 5.41) is 13.9. The Bertz CT molecular complexity index is 311. The van der Waals surface area contributed by atoms with E-state index in [0.717, 1.165) is 19.6 Å². The third-order valence-electron chi connectivity index (χ3n) is 3.15. The fourth-order valence-corrected chi connectivity index (χ4v) is 1.79. The Morgan fingerprint density at radius 2 is 2.21 bits per heavy atom. The number of aliphatic carboxylic acids is 1. The Morgan fingerprint density at radius 3 is 2.84 bits per heavy atom. The summed E-state index contributed by atoms with van der Waals surface area (Å²) in [6, 6.07) is -0.356. The smallest absolute Gasteiger partial charge is 0.314 e. The molecule has 110 valence electrons. The van der Waals surface area contributed by atoms with Crippen LogP contribution in [0, 0.1) is 5.92 Å². The van der Waals surface area contributed by atoms with Crippen LogP contribution in [0.1, 0.15) is 13.8 Å². The second-order valence-corrected chi connectivity index (χ2v) is 4.72. The lowest BCUT2D eigenvalue weighted by Crippen LogP contribution is -2.49. The maximum absolute atomic E-state index is 11.5. The molecule has 1 aliphatic rings. The summed E-state index contributed by atoms with van der Waals surface area (Å²) >= 11 is 0. The first kappa shape index (κ1) is 15.7. The van der Waals surface area contributed by atoms with E-state index in [9.17, 15) is 9.59 Å². The normalized spacial score (nSPS) is 21.7. The van der Waals surface area contributed by atoms with E-state index in [2.05, 4.69) is 22.5 Å². The molecule has 0 bridgehead atoms. The number of morpholine rings is 1. The minimum absolute atomic E-state index is 0.00338. The molecular formula is C12H23N3O4. The van der Waals surface area contributed by atoms with Crippen LogP contribution in [0.25, 0.3) is 0 Å². The van der Waals surface area contributed by atoms with Crippen molar-refractivity contribution in [1.82, 2.24) is 15.5 Å². The molecule has 1 rings (SSSR count). The lowest BCUT2D eigenvalue weighted by Gasteiger charge is -2.32. The number of carbonyl (C=O) groups excluding carboxylic acids is 1. The highest BCUT2D eigenvalue weighted by atomic mass is 16.5. The lowest BCUT2D eigenvalue weighted by atomic mass is 10.2. The van der Waals surface area contributed by atoms with Crippen LogP contribution >= 0.6 is 0 Å². The molecule has 1 heterocycles. The van der Waals surface area contributed by atoms with Gasteiger partial charge in [-0.3, -0.25) is 9.69 Å². The van der Waals surface area contributed by atoms with Gasteiger partial charge >= 0.3 is 12.0 Å². The molecule has 3 N–H and O–H groups in total. The summed E-state index contributed by atoms with van der Waals surface area (Å²) in [4.78, 5) is 24.3. The van der Waals surface area contributed by atoms with Crippen molar-refractivity contribution in [3.63, 3.8) is 0 Å². The summed E-state index contributed by atoms with van der Waals surface area (Å²) < 4.78 is 5.55. The molecule has 7 heteroatoms. The third-order valence-corrected chi connectivity index (χ3v) is 3.15. The fourth-order valence-electron chi connectivity index (χ4n) is 1.79. The topological polar surface area (TPSA) is 90.9 Å². The average molecular weight is 273 g/mol. The molecule has 2 unspecified atom stereocenters. The van der Waals surface area contributed by atoms with Crippen molar-refractivity contribution in [2.24, 2.45) is 5.92 Å². The number of carbonyl (C=O) groups is 2. The molecule has 1 fully saturated rings. The molecule has 0 aromatic heterocycles. The van der Waals surface area contributed by atoms with E-state index in [1.165, 1.54) is 0 Å². The van der Waals surface area contributed by atoms with Crippen LogP contribution in [0.3, 0.4) is 0 Å². The van der Waals surface area contributed by atoms with Gasteiger partial charge < -0.3 is 20.5 Å². The van der Waals surface area contributed by atoms with Crippen LogP contribution in [0.5, 0.6) is 0 Å². The van der Waals surface area contributed by atoms with Gasteiger partial charge in [-0.1, -0.05) is 13.8 Å². The van der Waals surface area contributed by atoms with E-state index < -0.39 is 11.9 Å². The molecule has 1 aliphatic heterocycles. The first-order chi connectivity index (χ1) is 9.02. The van der Waals surface area contributed by atoms with Gasteiger partial charge in [-0.15, -0.1) is 0 Å². The summed E-state index contributed by atoms with van der Waals surface area (Å²) in [5.41, 5.74) is 0. The summed E-state index contributed by atoms with van der Waals surface area (Å²) in [6.07, 6.45) is -0.00338. The van der Waals surface area contributed by atoms with Gasteiger partial charge in [0.2, 0.25) is 0 Å². The third kappa shape index (κ3) is 5.89. The van der Waals surface area contributed by atoms with Gasteiger partial charge in [0.25, 0.3) is 0 Å². The zero-order valence-corrected chi connectivity index (χ0v) is 11.5. The van der Waals surface area contributed by atoms with Gasteiger partial charge in [0, 0.05) is 26.2 Å². The molecule has 0 aromatic rings. The number of carboxylic acids is 1. The molecule has 7 nitrogen and oxygen atoms in total. The van der Waals surface area contributed by atoms with Crippen LogP contribution in [0.15, 0.2) is 0 Å². The molecule has 0 aromatic carbocycles. The number of urea groups is 1. The van der Waals surface area contributed by atoms with E-state index in [-0.39, 0.29) is 18.7 Å². The minimum atomic E-state index is -0.922. The number of hydrogen-bond donors (Lipinski definition) is 3. The quantitative estimate of drug-likeness (QED) is 0.619. The minimum Gasteiger partial charge on any atom is -0.481 e. The predicted molar refractivity (Wildman–Crippen MR) is 70.1 cm³/mol. The molecule has 1 saturated heterocycles. The van der Waals surface area contributed by atoms with Gasteiger partial charge in [-0.05, 0) is 6.54 Å². The van der Waals surface area contributed by atoms with Gasteiger partial charge in [-0.25, -0.2) is 4.79 Å². The highest BCUT2D eigenvalue weighted by molar-refractivity contribution is 5.75. The van der Waals surface area contributed by atoms with Crippen molar-refractivity contribution in [3.8, 4) is 0 Å². The number of hydrogen-bond acceptors (Lipinski definition) is 4. The Hall–Kier alpha value is -1.34. The number of likely N-dealkylation sites (N-methyl/N-ethyl adjacent to an activating group) is 1. The van der Waals surface area contributed by atoms with Crippen molar-refractivity contribution in [2.75, 3.05) is 39.3 Å². The van der Waals surface area contributed by atoms with Gasteiger partial charge in [0.05, 0.1) is 18.6 Å². The average Bonchev–Trinajstić information content (AvgIpc) is 2.42. The van der Waals surface area contributed by atoms with Crippen molar-refractivity contribution in [2.45, 2.75) is 20.0 Å². The van der Waals surface area contributed by atoms with Crippen molar-refractivity contribution < 1.29 is 19.4 Å². The Morgan fingerprint density at radius 1 is 1.47 bits per heavy atom. The first-order valence-corrected chi connectivity index (χ1v) is 6.61. The number of nitrogens with one attached hydrogen (secondary N) is 2. The fraction of sp³-hybridized carbons (Fsp3) is 0.833. The van der Waals surface area contributed by atoms with E-state index in [1.54, 1.807) is 6.92 Å². The highest BCUT2D eigenvalue weighted by Crippen LogP contribution is 2.03. The van der Waals surface area contributed by atoms with Gasteiger partial charge in [0.1, 0.15) is 0 Å². The lowest BCUT2D eigenvalue weighted by molar-refractivity contribution is -0.140. The zero-order chi connectivity index (χ0) is 14.3. The number of carboxylic acid groups (broad SMARTS) is 1. The SMILES string of the molecule is CCN1CCOC(CNC(=O)NCC(C)C(=O)O)C1. The summed E-state index contributed by atoms with van der Waals surface area (Å²) in [7, 11) is 0.